The summed E-state index contributed by atoms with van der Waals surface area (Å²) in [6.45, 7) is 10.5. The molecule has 0 radical (unpaired) electrons. The molecule has 206 valence electrons. The molecule has 7 rings (SSSR count). The van der Waals surface area contributed by atoms with Gasteiger partial charge in [0.25, 0.3) is 0 Å². The smallest absolute Gasteiger partial charge is 0.137 e. The Morgan fingerprint density at radius 2 is 1.43 bits per heavy atom. The number of nitrogens with zero attached hydrogens (tertiary/aromatic N) is 4. The van der Waals surface area contributed by atoms with E-state index in [1.807, 2.05) is 23.0 Å². The van der Waals surface area contributed by atoms with Gasteiger partial charge >= 0.3 is 0 Å². The monoisotopic (exact) mass is 548 g/mol. The zero-order valence-electron chi connectivity index (χ0n) is 24.5. The summed E-state index contributed by atoms with van der Waals surface area (Å²) in [7, 11) is 0. The molecule has 0 spiro atoms. The second-order valence-corrected chi connectivity index (χ2v) is 11.2. The van der Waals surface area contributed by atoms with Crippen LogP contribution in [0.1, 0.15) is 28.1 Å². The van der Waals surface area contributed by atoms with Crippen LogP contribution in [0.2, 0.25) is 0 Å². The molecule has 0 aliphatic carbocycles. The van der Waals surface area contributed by atoms with Crippen LogP contribution < -0.4 is 4.74 Å². The maximum atomic E-state index is 6.55. The largest absolute Gasteiger partial charge is 0.457 e. The predicted octanol–water partition coefficient (Wildman–Crippen LogP) is 9.37. The number of hydrogen-bond acceptors (Lipinski definition) is 3. The molecule has 0 unspecified atom stereocenters. The Balaban J connectivity index is 1.32. The normalized spacial score (nSPS) is 11.5. The van der Waals surface area contributed by atoms with E-state index in [2.05, 4.69) is 124 Å². The van der Waals surface area contributed by atoms with Gasteiger partial charge in [0.1, 0.15) is 17.3 Å². The highest BCUT2D eigenvalue weighted by Gasteiger charge is 2.17. The number of hydrogen-bond donors (Lipinski definition) is 0. The van der Waals surface area contributed by atoms with Crippen LogP contribution in [0, 0.1) is 34.6 Å². The maximum absolute atomic E-state index is 6.55. The fourth-order valence-electron chi connectivity index (χ4n) is 6.03. The molecule has 0 fully saturated rings. The molecule has 0 saturated heterocycles. The van der Waals surface area contributed by atoms with Crippen molar-refractivity contribution in [2.75, 3.05) is 0 Å². The zero-order valence-corrected chi connectivity index (χ0v) is 24.5. The molecule has 0 aliphatic rings. The van der Waals surface area contributed by atoms with E-state index in [9.17, 15) is 0 Å². The Morgan fingerprint density at radius 1 is 0.619 bits per heavy atom. The first kappa shape index (κ1) is 25.8. The van der Waals surface area contributed by atoms with Crippen LogP contribution in [-0.4, -0.2) is 19.3 Å². The highest BCUT2D eigenvalue weighted by Crippen LogP contribution is 2.36. The number of ether oxygens (including phenoxy) is 1. The molecule has 0 aliphatic heterocycles. The molecule has 5 nitrogen and oxygen atoms in total. The van der Waals surface area contributed by atoms with Crippen LogP contribution in [-0.2, 0) is 0 Å². The van der Waals surface area contributed by atoms with Crippen molar-refractivity contribution in [3.8, 4) is 34.1 Å². The summed E-state index contributed by atoms with van der Waals surface area (Å²) in [6.07, 6.45) is 1.87. The van der Waals surface area contributed by atoms with E-state index >= 15 is 0 Å². The van der Waals surface area contributed by atoms with E-state index in [0.717, 1.165) is 56.6 Å². The van der Waals surface area contributed by atoms with Crippen LogP contribution >= 0.6 is 0 Å². The molecule has 3 aromatic heterocycles. The Kier molecular flexibility index (Phi) is 6.16. The zero-order chi connectivity index (χ0) is 29.0. The Morgan fingerprint density at radius 3 is 2.24 bits per heavy atom. The van der Waals surface area contributed by atoms with Gasteiger partial charge in [-0.1, -0.05) is 42.0 Å². The van der Waals surface area contributed by atoms with Crippen molar-refractivity contribution in [3.63, 3.8) is 0 Å². The average Bonchev–Trinajstić information content (AvgIpc) is 3.45. The van der Waals surface area contributed by atoms with Crippen LogP contribution in [0.4, 0.5) is 0 Å². The molecule has 4 aromatic carbocycles. The van der Waals surface area contributed by atoms with Crippen LogP contribution in [0.25, 0.3) is 44.4 Å². The number of pyridine rings is 1. The fourth-order valence-corrected chi connectivity index (χ4v) is 6.03. The van der Waals surface area contributed by atoms with Crippen LogP contribution in [0.5, 0.6) is 11.5 Å². The standard InChI is InChI=1S/C37H32N4O/c1-23-11-14-34-33(19-23)32-13-12-30(22-35(32)40(34)36-20-24(2)15-16-38-36)42-31-18-25(3)17-29(21-31)41-27(5)37(26(4)39-41)28-9-7-6-8-10-28/h6-22H,1-5H3. The molecule has 0 N–H and O–H groups in total. The topological polar surface area (TPSA) is 44.9 Å². The first-order chi connectivity index (χ1) is 20.4. The van der Waals surface area contributed by atoms with Gasteiger partial charge in [-0.15, -0.1) is 0 Å². The van der Waals surface area contributed by atoms with E-state index < -0.39 is 0 Å². The lowest BCUT2D eigenvalue weighted by atomic mass is 10.0. The van der Waals surface area contributed by atoms with Gasteiger partial charge in [0.05, 0.1) is 22.4 Å². The summed E-state index contributed by atoms with van der Waals surface area (Å²) < 4.78 is 10.8. The van der Waals surface area contributed by atoms with Gasteiger partial charge in [-0.3, -0.25) is 4.57 Å². The van der Waals surface area contributed by atoms with E-state index in [1.54, 1.807) is 0 Å². The van der Waals surface area contributed by atoms with Crippen LogP contribution in [0.3, 0.4) is 0 Å². The third-order valence-corrected chi connectivity index (χ3v) is 7.89. The quantitative estimate of drug-likeness (QED) is 0.215. The first-order valence-electron chi connectivity index (χ1n) is 14.2. The third-order valence-electron chi connectivity index (χ3n) is 7.89. The Labute approximate surface area is 245 Å². The summed E-state index contributed by atoms with van der Waals surface area (Å²) in [4.78, 5) is 4.73. The lowest BCUT2D eigenvalue weighted by molar-refractivity contribution is 0.482. The van der Waals surface area contributed by atoms with Crippen LogP contribution in [0.15, 0.2) is 103 Å². The lowest BCUT2D eigenvalue weighted by Crippen LogP contribution is -2.00. The molecular weight excluding hydrogens is 516 g/mol. The minimum Gasteiger partial charge on any atom is -0.457 e. The second-order valence-electron chi connectivity index (χ2n) is 11.2. The highest BCUT2D eigenvalue weighted by atomic mass is 16.5. The summed E-state index contributed by atoms with van der Waals surface area (Å²) in [5.74, 6) is 2.43. The maximum Gasteiger partial charge on any atom is 0.137 e. The van der Waals surface area contributed by atoms with E-state index in [-0.39, 0.29) is 0 Å². The van der Waals surface area contributed by atoms with Gasteiger partial charge in [-0.05, 0) is 99.8 Å². The number of fused-ring (bicyclic) bond motifs is 3. The third kappa shape index (κ3) is 4.44. The van der Waals surface area contributed by atoms with Crippen molar-refractivity contribution in [3.05, 3.63) is 131 Å². The molecular formula is C37H32N4O. The predicted molar refractivity (Wildman–Crippen MR) is 171 cm³/mol. The molecule has 0 atom stereocenters. The molecule has 42 heavy (non-hydrogen) atoms. The first-order valence-corrected chi connectivity index (χ1v) is 14.2. The molecule has 0 bridgehead atoms. The molecule has 5 heteroatoms. The van der Waals surface area contributed by atoms with Crippen molar-refractivity contribution in [1.29, 1.82) is 0 Å². The number of rotatable bonds is 5. The molecule has 0 saturated carbocycles. The van der Waals surface area contributed by atoms with Crippen molar-refractivity contribution in [2.24, 2.45) is 0 Å². The van der Waals surface area contributed by atoms with Gasteiger partial charge in [-0.25, -0.2) is 9.67 Å². The van der Waals surface area contributed by atoms with Crippen molar-refractivity contribution < 1.29 is 4.74 Å². The van der Waals surface area contributed by atoms with E-state index in [0.29, 0.717) is 0 Å². The van der Waals surface area contributed by atoms with E-state index in [1.165, 1.54) is 27.5 Å². The number of benzene rings is 4. The fraction of sp³-hybridized carbons (Fsp3) is 0.135. The summed E-state index contributed by atoms with van der Waals surface area (Å²) >= 11 is 0. The summed E-state index contributed by atoms with van der Waals surface area (Å²) in [6, 6.07) is 33.8. The Bertz CT molecular complexity index is 2120. The second kappa shape index (κ2) is 10.0. The minimum absolute atomic E-state index is 0.769. The number of aromatic nitrogens is 4. The van der Waals surface area contributed by atoms with Gasteiger partial charge in [-0.2, -0.15) is 5.10 Å². The Hall–Kier alpha value is -5.16. The van der Waals surface area contributed by atoms with Gasteiger partial charge in [0, 0.05) is 40.4 Å². The molecule has 0 amide bonds. The van der Waals surface area contributed by atoms with E-state index in [4.69, 9.17) is 14.8 Å². The average molecular weight is 549 g/mol. The minimum atomic E-state index is 0.769. The summed E-state index contributed by atoms with van der Waals surface area (Å²) in [5.41, 5.74) is 11.1. The van der Waals surface area contributed by atoms with Crippen molar-refractivity contribution >= 4 is 21.8 Å². The molecule has 7 aromatic rings. The van der Waals surface area contributed by atoms with Crippen molar-refractivity contribution in [1.82, 2.24) is 19.3 Å². The lowest BCUT2D eigenvalue weighted by Gasteiger charge is -2.12. The SMILES string of the molecule is Cc1cc(Oc2ccc3c4cc(C)ccc4n(-c4cc(C)ccn4)c3c2)cc(-n2nc(C)c(-c3ccccc3)c2C)c1. The molecule has 3 heterocycles. The number of aryl methyl sites for hydroxylation is 4. The summed E-state index contributed by atoms with van der Waals surface area (Å²) in [5, 5.41) is 7.30. The van der Waals surface area contributed by atoms with Gasteiger partial charge in [0.2, 0.25) is 0 Å². The van der Waals surface area contributed by atoms with Gasteiger partial charge in [0.15, 0.2) is 0 Å². The van der Waals surface area contributed by atoms with Gasteiger partial charge < -0.3 is 4.74 Å². The van der Waals surface area contributed by atoms with Crippen molar-refractivity contribution in [2.45, 2.75) is 34.6 Å². The highest BCUT2D eigenvalue weighted by molar-refractivity contribution is 6.09.